The minimum absolute atomic E-state index is 0.354. The van der Waals surface area contributed by atoms with Crippen LogP contribution in [0, 0.1) is 6.92 Å². The minimum Gasteiger partial charge on any atom is -0.309 e. The number of sulfonamides is 1. The van der Waals surface area contributed by atoms with Gasteiger partial charge in [0.1, 0.15) is 4.90 Å². The summed E-state index contributed by atoms with van der Waals surface area (Å²) in [5, 5.41) is 5.31. The molecule has 0 radical (unpaired) electrons. The van der Waals surface area contributed by atoms with E-state index in [9.17, 15) is 8.42 Å². The lowest BCUT2D eigenvalue weighted by Gasteiger charge is -2.18. The summed E-state index contributed by atoms with van der Waals surface area (Å²) in [4.78, 5) is 1.38. The zero-order valence-electron chi connectivity index (χ0n) is 12.3. The molecule has 112 valence electrons. The molecule has 4 nitrogen and oxygen atoms in total. The minimum atomic E-state index is -3.44. The first-order valence-electron chi connectivity index (χ1n) is 6.73. The monoisotopic (exact) mass is 314 g/mol. The van der Waals surface area contributed by atoms with Crippen LogP contribution in [0.1, 0.15) is 30.2 Å². The van der Waals surface area contributed by atoms with E-state index in [1.54, 1.807) is 7.05 Å². The number of thiophene rings is 1. The second kappa shape index (κ2) is 5.97. The van der Waals surface area contributed by atoms with Crippen molar-refractivity contribution in [2.75, 3.05) is 13.6 Å². The number of hydrogen-bond acceptors (Lipinski definition) is 4. The van der Waals surface area contributed by atoms with Crippen molar-refractivity contribution in [3.05, 3.63) is 28.0 Å². The molecule has 0 unspecified atom stereocenters. The Morgan fingerprint density at radius 2 is 2.20 bits per heavy atom. The topological polar surface area (TPSA) is 49.4 Å². The fourth-order valence-electron chi connectivity index (χ4n) is 2.10. The zero-order chi connectivity index (χ0) is 14.9. The predicted molar refractivity (Wildman–Crippen MR) is 83.5 cm³/mol. The van der Waals surface area contributed by atoms with Gasteiger partial charge in [-0.1, -0.05) is 12.2 Å². The first-order chi connectivity index (χ1) is 9.32. The number of nitrogens with one attached hydrogen (secondary N) is 1. The molecular formula is C14H22N2O2S2. The third-order valence-corrected chi connectivity index (χ3v) is 6.55. The maximum Gasteiger partial charge on any atom is 0.244 e. The highest BCUT2D eigenvalue weighted by molar-refractivity contribution is 7.89. The number of likely N-dealkylation sites (N-methyl/N-ethyl adjacent to an activating group) is 1. The molecule has 1 aliphatic carbocycles. The summed E-state index contributed by atoms with van der Waals surface area (Å²) in [6.07, 6.45) is 2.39. The maximum absolute atomic E-state index is 12.7. The summed E-state index contributed by atoms with van der Waals surface area (Å²) in [5.41, 5.74) is 1.66. The number of aryl methyl sites for hydroxylation is 1. The number of hydrogen-bond donors (Lipinski definition) is 1. The van der Waals surface area contributed by atoms with E-state index in [-0.39, 0.29) is 0 Å². The van der Waals surface area contributed by atoms with Gasteiger partial charge in [0.15, 0.2) is 0 Å². The SMILES string of the molecule is C=C(C)CN(C)S(=O)(=O)c1c(C)csc1CNC1CC1. The lowest BCUT2D eigenvalue weighted by Crippen LogP contribution is -2.29. The van der Waals surface area contributed by atoms with Crippen LogP contribution in [0.25, 0.3) is 0 Å². The second-order valence-electron chi connectivity index (χ2n) is 5.54. The third kappa shape index (κ3) is 3.49. The Bertz CT molecular complexity index is 601. The lowest BCUT2D eigenvalue weighted by molar-refractivity contribution is 0.491. The normalized spacial score (nSPS) is 15.8. The van der Waals surface area contributed by atoms with Gasteiger partial charge >= 0.3 is 0 Å². The summed E-state index contributed by atoms with van der Waals surface area (Å²) in [6, 6.07) is 0.570. The molecule has 0 bridgehead atoms. The summed E-state index contributed by atoms with van der Waals surface area (Å²) in [7, 11) is -1.83. The summed E-state index contributed by atoms with van der Waals surface area (Å²) in [6.45, 7) is 8.47. The van der Waals surface area contributed by atoms with Gasteiger partial charge in [0, 0.05) is 31.1 Å². The summed E-state index contributed by atoms with van der Waals surface area (Å²) in [5.74, 6) is 0. The van der Waals surface area contributed by atoms with Crippen LogP contribution >= 0.6 is 11.3 Å². The third-order valence-electron chi connectivity index (χ3n) is 3.28. The second-order valence-corrected chi connectivity index (χ2v) is 8.49. The van der Waals surface area contributed by atoms with Gasteiger partial charge in [-0.2, -0.15) is 4.31 Å². The van der Waals surface area contributed by atoms with Crippen LogP contribution in [0.15, 0.2) is 22.4 Å². The lowest BCUT2D eigenvalue weighted by atomic mass is 10.3. The highest BCUT2D eigenvalue weighted by Gasteiger charge is 2.28. The van der Waals surface area contributed by atoms with Crippen LogP contribution in [-0.2, 0) is 16.6 Å². The molecule has 1 heterocycles. The van der Waals surface area contributed by atoms with E-state index in [2.05, 4.69) is 11.9 Å². The van der Waals surface area contributed by atoms with Crippen molar-refractivity contribution in [2.45, 2.75) is 44.2 Å². The fourth-order valence-corrected chi connectivity index (χ4v) is 5.04. The maximum atomic E-state index is 12.7. The van der Waals surface area contributed by atoms with Crippen molar-refractivity contribution in [3.8, 4) is 0 Å². The van der Waals surface area contributed by atoms with Crippen LogP contribution in [0.3, 0.4) is 0 Å². The first-order valence-corrected chi connectivity index (χ1v) is 9.05. The molecule has 1 N–H and O–H groups in total. The van der Waals surface area contributed by atoms with E-state index < -0.39 is 10.0 Å². The van der Waals surface area contributed by atoms with Crippen molar-refractivity contribution in [2.24, 2.45) is 0 Å². The quantitative estimate of drug-likeness (QED) is 0.787. The smallest absolute Gasteiger partial charge is 0.244 e. The molecule has 0 saturated heterocycles. The molecule has 1 saturated carbocycles. The molecular weight excluding hydrogens is 292 g/mol. The van der Waals surface area contributed by atoms with Crippen LogP contribution in [0.2, 0.25) is 0 Å². The van der Waals surface area contributed by atoms with E-state index in [0.717, 1.165) is 16.0 Å². The fraction of sp³-hybridized carbons (Fsp3) is 0.571. The van der Waals surface area contributed by atoms with E-state index in [4.69, 9.17) is 0 Å². The van der Waals surface area contributed by atoms with Crippen LogP contribution in [0.5, 0.6) is 0 Å². The predicted octanol–water partition coefficient (Wildman–Crippen LogP) is 2.51. The number of nitrogens with zero attached hydrogens (tertiary/aromatic N) is 1. The van der Waals surface area contributed by atoms with E-state index in [1.165, 1.54) is 28.5 Å². The average Bonchev–Trinajstić information content (AvgIpc) is 3.08. The van der Waals surface area contributed by atoms with E-state index >= 15 is 0 Å². The summed E-state index contributed by atoms with van der Waals surface area (Å²) < 4.78 is 26.8. The van der Waals surface area contributed by atoms with E-state index in [0.29, 0.717) is 24.0 Å². The first kappa shape index (κ1) is 15.7. The van der Waals surface area contributed by atoms with Gasteiger partial charge in [-0.15, -0.1) is 11.3 Å². The van der Waals surface area contributed by atoms with Crippen LogP contribution < -0.4 is 5.32 Å². The molecule has 0 atom stereocenters. The van der Waals surface area contributed by atoms with Gasteiger partial charge in [-0.05, 0) is 37.6 Å². The molecule has 0 aliphatic heterocycles. The van der Waals surface area contributed by atoms with Gasteiger partial charge in [0.05, 0.1) is 0 Å². The van der Waals surface area contributed by atoms with Gasteiger partial charge in [0.25, 0.3) is 0 Å². The Morgan fingerprint density at radius 3 is 2.75 bits per heavy atom. The zero-order valence-corrected chi connectivity index (χ0v) is 13.9. The Labute approximate surface area is 125 Å². The molecule has 0 spiro atoms. The Morgan fingerprint density at radius 1 is 1.55 bits per heavy atom. The largest absolute Gasteiger partial charge is 0.309 e. The van der Waals surface area contributed by atoms with Crippen molar-refractivity contribution in [3.63, 3.8) is 0 Å². The van der Waals surface area contributed by atoms with Gasteiger partial charge < -0.3 is 5.32 Å². The van der Waals surface area contributed by atoms with Crippen molar-refractivity contribution >= 4 is 21.4 Å². The number of rotatable bonds is 7. The highest BCUT2D eigenvalue weighted by atomic mass is 32.2. The van der Waals surface area contributed by atoms with Crippen molar-refractivity contribution < 1.29 is 8.42 Å². The Balaban J connectivity index is 2.24. The molecule has 1 fully saturated rings. The van der Waals surface area contributed by atoms with Gasteiger partial charge in [-0.25, -0.2) is 8.42 Å². The molecule has 20 heavy (non-hydrogen) atoms. The molecule has 2 rings (SSSR count). The highest BCUT2D eigenvalue weighted by Crippen LogP contribution is 2.30. The standard InChI is InChI=1S/C14H22N2O2S2/c1-10(2)8-16(4)20(17,18)14-11(3)9-19-13(14)7-15-12-5-6-12/h9,12,15H,1,5-8H2,2-4H3. The van der Waals surface area contributed by atoms with Gasteiger partial charge in [-0.3, -0.25) is 0 Å². The van der Waals surface area contributed by atoms with Crippen LogP contribution in [0.4, 0.5) is 0 Å². The van der Waals surface area contributed by atoms with Crippen molar-refractivity contribution in [1.29, 1.82) is 0 Å². The summed E-state index contributed by atoms with van der Waals surface area (Å²) >= 11 is 1.52. The van der Waals surface area contributed by atoms with Crippen molar-refractivity contribution in [1.82, 2.24) is 9.62 Å². The molecule has 0 amide bonds. The Kier molecular flexibility index (Phi) is 4.69. The Hall–Kier alpha value is -0.690. The average molecular weight is 314 g/mol. The van der Waals surface area contributed by atoms with Crippen LogP contribution in [-0.4, -0.2) is 32.4 Å². The molecule has 1 aromatic rings. The molecule has 1 aromatic heterocycles. The van der Waals surface area contributed by atoms with E-state index in [1.807, 2.05) is 19.2 Å². The van der Waals surface area contributed by atoms with Gasteiger partial charge in [0.2, 0.25) is 10.0 Å². The molecule has 6 heteroatoms. The molecule has 0 aromatic carbocycles. The molecule has 1 aliphatic rings.